The average molecular weight is 556 g/mol. The number of hydrogen-bond donors (Lipinski definition) is 1. The van der Waals surface area contributed by atoms with Gasteiger partial charge < -0.3 is 10.2 Å². The van der Waals surface area contributed by atoms with Crippen molar-refractivity contribution in [2.45, 2.75) is 39.8 Å². The highest BCUT2D eigenvalue weighted by Crippen LogP contribution is 2.27. The van der Waals surface area contributed by atoms with Crippen molar-refractivity contribution in [2.75, 3.05) is 23.7 Å². The van der Waals surface area contributed by atoms with Gasteiger partial charge in [-0.05, 0) is 55.2 Å². The third-order valence-corrected chi connectivity index (χ3v) is 7.70. The molecule has 0 aliphatic carbocycles. The van der Waals surface area contributed by atoms with Crippen LogP contribution in [0.25, 0.3) is 0 Å². The quantitative estimate of drug-likeness (QED) is 0.377. The van der Waals surface area contributed by atoms with E-state index in [2.05, 4.69) is 5.32 Å². The van der Waals surface area contributed by atoms with Gasteiger partial charge in [0.25, 0.3) is 0 Å². The molecule has 1 N–H and O–H groups in total. The van der Waals surface area contributed by atoms with Crippen LogP contribution in [0.3, 0.4) is 0 Å². The third kappa shape index (κ3) is 7.58. The van der Waals surface area contributed by atoms with Crippen molar-refractivity contribution in [3.63, 3.8) is 0 Å². The molecule has 0 aromatic heterocycles. The van der Waals surface area contributed by atoms with Gasteiger partial charge in [0.1, 0.15) is 12.6 Å². The zero-order valence-corrected chi connectivity index (χ0v) is 23.7. The molecule has 38 heavy (non-hydrogen) atoms. The predicted molar refractivity (Wildman–Crippen MR) is 153 cm³/mol. The molecule has 202 valence electrons. The molecule has 0 saturated carbocycles. The van der Waals surface area contributed by atoms with E-state index >= 15 is 0 Å². The second-order valence-electron chi connectivity index (χ2n) is 9.25. The van der Waals surface area contributed by atoms with Gasteiger partial charge in [-0.3, -0.25) is 13.9 Å². The van der Waals surface area contributed by atoms with Crippen molar-refractivity contribution in [1.29, 1.82) is 0 Å². The van der Waals surface area contributed by atoms with E-state index in [1.807, 2.05) is 68.4 Å². The lowest BCUT2D eigenvalue weighted by molar-refractivity contribution is -0.140. The number of carbonyl (C=O) groups excluding carboxylic acids is 2. The normalized spacial score (nSPS) is 12.0. The number of nitrogens with zero attached hydrogens (tertiary/aromatic N) is 2. The number of anilines is 1. The number of likely N-dealkylation sites (N-methyl/N-ethyl adjacent to an activating group) is 1. The van der Waals surface area contributed by atoms with Crippen LogP contribution in [-0.2, 0) is 32.6 Å². The van der Waals surface area contributed by atoms with Crippen molar-refractivity contribution in [2.24, 2.45) is 0 Å². The number of nitrogens with one attached hydrogen (secondary N) is 1. The first kappa shape index (κ1) is 29.2. The van der Waals surface area contributed by atoms with Crippen molar-refractivity contribution in [3.05, 3.63) is 100 Å². The SMILES string of the molecule is CCNC(=O)[C@H](Cc1ccccc1)N(Cc1ccccc1C)C(=O)CN(c1cc(Cl)ccc1C)S(C)(=O)=O. The number of hydrogen-bond acceptors (Lipinski definition) is 4. The van der Waals surface area contributed by atoms with Gasteiger partial charge in [0.15, 0.2) is 0 Å². The first-order valence-corrected chi connectivity index (χ1v) is 14.6. The van der Waals surface area contributed by atoms with E-state index in [4.69, 9.17) is 11.6 Å². The summed E-state index contributed by atoms with van der Waals surface area (Å²) in [5.74, 6) is -0.798. The molecule has 3 rings (SSSR count). The van der Waals surface area contributed by atoms with Crippen LogP contribution in [-0.4, -0.2) is 50.5 Å². The molecule has 0 fully saturated rings. The molecule has 3 aromatic rings. The van der Waals surface area contributed by atoms with Crippen LogP contribution in [0.2, 0.25) is 5.02 Å². The lowest BCUT2D eigenvalue weighted by Crippen LogP contribution is -2.53. The van der Waals surface area contributed by atoms with E-state index in [9.17, 15) is 18.0 Å². The van der Waals surface area contributed by atoms with E-state index in [1.54, 1.807) is 19.1 Å². The molecule has 0 heterocycles. The molecule has 7 nitrogen and oxygen atoms in total. The summed E-state index contributed by atoms with van der Waals surface area (Å²) in [6, 6.07) is 21.1. The summed E-state index contributed by atoms with van der Waals surface area (Å²) in [4.78, 5) is 28.9. The average Bonchev–Trinajstić information content (AvgIpc) is 2.87. The Morgan fingerprint density at radius 1 is 0.947 bits per heavy atom. The van der Waals surface area contributed by atoms with Crippen LogP contribution in [0.15, 0.2) is 72.8 Å². The summed E-state index contributed by atoms with van der Waals surface area (Å²) in [5.41, 5.74) is 3.69. The van der Waals surface area contributed by atoms with E-state index in [0.29, 0.717) is 22.8 Å². The number of halogens is 1. The molecule has 0 unspecified atom stereocenters. The molecule has 0 aliphatic rings. The fourth-order valence-electron chi connectivity index (χ4n) is 4.26. The lowest BCUT2D eigenvalue weighted by atomic mass is 10.0. The molecular weight excluding hydrogens is 522 g/mol. The van der Waals surface area contributed by atoms with E-state index in [0.717, 1.165) is 27.3 Å². The molecule has 2 amide bonds. The van der Waals surface area contributed by atoms with Crippen LogP contribution >= 0.6 is 11.6 Å². The minimum atomic E-state index is -3.86. The smallest absolute Gasteiger partial charge is 0.244 e. The third-order valence-electron chi connectivity index (χ3n) is 6.34. The summed E-state index contributed by atoms with van der Waals surface area (Å²) in [5, 5.41) is 3.21. The standard InChI is InChI=1S/C29H34ClN3O4S/c1-5-31-29(35)27(17-23-12-7-6-8-13-23)32(19-24-14-10-9-11-21(24)2)28(34)20-33(38(4,36)37)26-18-25(30)16-15-22(26)3/h6-16,18,27H,5,17,19-20H2,1-4H3,(H,31,35)/t27-/m0/s1. The number of carbonyl (C=O) groups is 2. The first-order chi connectivity index (χ1) is 18.0. The monoisotopic (exact) mass is 555 g/mol. The molecule has 0 radical (unpaired) electrons. The van der Waals surface area contributed by atoms with Gasteiger partial charge in [-0.25, -0.2) is 8.42 Å². The zero-order valence-electron chi connectivity index (χ0n) is 22.1. The Morgan fingerprint density at radius 2 is 1.61 bits per heavy atom. The minimum Gasteiger partial charge on any atom is -0.355 e. The summed E-state index contributed by atoms with van der Waals surface area (Å²) in [6.45, 7) is 5.58. The molecule has 0 spiro atoms. The van der Waals surface area contributed by atoms with Crippen LogP contribution in [0.4, 0.5) is 5.69 Å². The van der Waals surface area contributed by atoms with Crippen molar-refractivity contribution >= 4 is 39.1 Å². The maximum atomic E-state index is 14.0. The summed E-state index contributed by atoms with van der Waals surface area (Å²) >= 11 is 6.18. The maximum absolute atomic E-state index is 14.0. The lowest BCUT2D eigenvalue weighted by Gasteiger charge is -2.34. The van der Waals surface area contributed by atoms with Gasteiger partial charge in [0, 0.05) is 24.5 Å². The van der Waals surface area contributed by atoms with E-state index in [1.165, 1.54) is 11.0 Å². The van der Waals surface area contributed by atoms with Gasteiger partial charge in [-0.2, -0.15) is 0 Å². The van der Waals surface area contributed by atoms with Crippen LogP contribution in [0.5, 0.6) is 0 Å². The van der Waals surface area contributed by atoms with Gasteiger partial charge in [-0.15, -0.1) is 0 Å². The van der Waals surface area contributed by atoms with Gasteiger partial charge >= 0.3 is 0 Å². The van der Waals surface area contributed by atoms with Crippen LogP contribution in [0.1, 0.15) is 29.2 Å². The Morgan fingerprint density at radius 3 is 2.24 bits per heavy atom. The topological polar surface area (TPSA) is 86.8 Å². The molecule has 0 aliphatic heterocycles. The fraction of sp³-hybridized carbons (Fsp3) is 0.310. The Labute approximate surface area is 230 Å². The Balaban J connectivity index is 2.08. The molecule has 0 saturated heterocycles. The number of benzene rings is 3. The number of rotatable bonds is 11. The van der Waals surface area contributed by atoms with E-state index in [-0.39, 0.29) is 18.9 Å². The second-order valence-corrected chi connectivity index (χ2v) is 11.6. The van der Waals surface area contributed by atoms with Gasteiger partial charge in [0.05, 0.1) is 11.9 Å². The second kappa shape index (κ2) is 12.9. The molecule has 0 bridgehead atoms. The van der Waals surface area contributed by atoms with Crippen LogP contribution in [0, 0.1) is 13.8 Å². The highest BCUT2D eigenvalue weighted by Gasteiger charge is 2.33. The van der Waals surface area contributed by atoms with Gasteiger partial charge in [0.2, 0.25) is 21.8 Å². The number of amides is 2. The zero-order chi connectivity index (χ0) is 27.9. The van der Waals surface area contributed by atoms with Gasteiger partial charge in [-0.1, -0.05) is 72.3 Å². The number of sulfonamides is 1. The molecular formula is C29H34ClN3O4S. The Hall–Kier alpha value is -3.36. The van der Waals surface area contributed by atoms with Crippen molar-refractivity contribution < 1.29 is 18.0 Å². The van der Waals surface area contributed by atoms with Crippen LogP contribution < -0.4 is 9.62 Å². The Bertz CT molecular complexity index is 1380. The predicted octanol–water partition coefficient (Wildman–Crippen LogP) is 4.50. The minimum absolute atomic E-state index is 0.145. The largest absolute Gasteiger partial charge is 0.355 e. The summed E-state index contributed by atoms with van der Waals surface area (Å²) in [6.07, 6.45) is 1.33. The maximum Gasteiger partial charge on any atom is 0.244 e. The summed E-state index contributed by atoms with van der Waals surface area (Å²) < 4.78 is 26.8. The first-order valence-electron chi connectivity index (χ1n) is 12.4. The molecule has 1 atom stereocenters. The highest BCUT2D eigenvalue weighted by atomic mass is 35.5. The van der Waals surface area contributed by atoms with Crippen molar-refractivity contribution in [3.8, 4) is 0 Å². The van der Waals surface area contributed by atoms with Crippen molar-refractivity contribution in [1.82, 2.24) is 10.2 Å². The highest BCUT2D eigenvalue weighted by molar-refractivity contribution is 7.92. The van der Waals surface area contributed by atoms with E-state index < -0.39 is 28.5 Å². The number of aryl methyl sites for hydroxylation is 2. The fourth-order valence-corrected chi connectivity index (χ4v) is 5.33. The molecule has 9 heteroatoms. The molecule has 3 aromatic carbocycles. The Kier molecular flexibility index (Phi) is 9.94. The summed E-state index contributed by atoms with van der Waals surface area (Å²) in [7, 11) is -3.86.